The summed E-state index contributed by atoms with van der Waals surface area (Å²) >= 11 is 3.46. The van der Waals surface area contributed by atoms with Crippen LogP contribution in [0.2, 0.25) is 0 Å². The Morgan fingerprint density at radius 3 is 2.93 bits per heavy atom. The van der Waals surface area contributed by atoms with Gasteiger partial charge in [0.25, 0.3) is 0 Å². The van der Waals surface area contributed by atoms with Crippen molar-refractivity contribution >= 4 is 21.5 Å². The topological polar surface area (TPSA) is 9.23 Å². The van der Waals surface area contributed by atoms with Gasteiger partial charge in [-0.2, -0.15) is 0 Å². The quantitative estimate of drug-likeness (QED) is 0.689. The fourth-order valence-electron chi connectivity index (χ4n) is 1.45. The van der Waals surface area contributed by atoms with Crippen LogP contribution in [0.1, 0.15) is 5.56 Å². The van der Waals surface area contributed by atoms with Gasteiger partial charge in [-0.1, -0.05) is 40.7 Å². The van der Waals surface area contributed by atoms with Crippen molar-refractivity contribution in [1.29, 1.82) is 0 Å². The number of rotatable bonds is 0. The van der Waals surface area contributed by atoms with Crippen LogP contribution >= 0.6 is 15.9 Å². The Bertz CT molecular complexity index is 444. The average Bonchev–Trinajstić information content (AvgIpc) is 2.30. The fraction of sp³-hybridized carbons (Fsp3) is 0.0769. The minimum Gasteiger partial charge on any atom is -0.489 e. The summed E-state index contributed by atoms with van der Waals surface area (Å²) in [5, 5.41) is 0. The van der Waals surface area contributed by atoms with Crippen LogP contribution in [0.4, 0.5) is 0 Å². The highest BCUT2D eigenvalue weighted by atomic mass is 79.9. The lowest BCUT2D eigenvalue weighted by Crippen LogP contribution is -1.95. The molecule has 1 nitrogen and oxygen atoms in total. The maximum absolute atomic E-state index is 5.63. The zero-order chi connectivity index (χ0) is 10.7. The predicted molar refractivity (Wildman–Crippen MR) is 67.1 cm³/mol. The second kappa shape index (κ2) is 4.49. The molecule has 0 unspecified atom stereocenters. The molecule has 1 aromatic rings. The van der Waals surface area contributed by atoms with Crippen molar-refractivity contribution < 1.29 is 4.74 Å². The molecule has 0 saturated carbocycles. The van der Waals surface area contributed by atoms with Gasteiger partial charge in [-0.25, -0.2) is 0 Å². The fourth-order valence-corrected chi connectivity index (χ4v) is 1.91. The number of ether oxygens (including phenoxy) is 1. The zero-order valence-electron chi connectivity index (χ0n) is 8.24. The van der Waals surface area contributed by atoms with Crippen molar-refractivity contribution in [2.24, 2.45) is 0 Å². The van der Waals surface area contributed by atoms with Crippen LogP contribution < -0.4 is 4.74 Å². The molecule has 0 saturated heterocycles. The summed E-state index contributed by atoms with van der Waals surface area (Å²) in [5.74, 6) is 0.880. The Morgan fingerprint density at radius 1 is 1.27 bits per heavy atom. The minimum atomic E-state index is 0.577. The van der Waals surface area contributed by atoms with Crippen LogP contribution in [0, 0.1) is 0 Å². The number of benzene rings is 1. The highest BCUT2D eigenvalue weighted by Gasteiger charge is 2.05. The van der Waals surface area contributed by atoms with Gasteiger partial charge >= 0.3 is 0 Å². The SMILES string of the molecule is C=C1/C=C(Br)\C=C/COc2ccccc21. The number of halogens is 1. The first-order chi connectivity index (χ1) is 7.27. The lowest BCUT2D eigenvalue weighted by Gasteiger charge is -2.08. The molecule has 76 valence electrons. The van der Waals surface area contributed by atoms with Crippen LogP contribution in [0.5, 0.6) is 5.75 Å². The van der Waals surface area contributed by atoms with Crippen molar-refractivity contribution in [2.75, 3.05) is 6.61 Å². The van der Waals surface area contributed by atoms with E-state index >= 15 is 0 Å². The number of fused-ring (bicyclic) bond motifs is 1. The first kappa shape index (κ1) is 10.2. The number of allylic oxidation sites excluding steroid dienone is 4. The van der Waals surface area contributed by atoms with Gasteiger partial charge < -0.3 is 4.74 Å². The van der Waals surface area contributed by atoms with Crippen LogP contribution in [0.3, 0.4) is 0 Å². The van der Waals surface area contributed by atoms with Crippen LogP contribution in [0.15, 0.2) is 53.6 Å². The lowest BCUT2D eigenvalue weighted by atomic mass is 10.1. The third-order valence-corrected chi connectivity index (χ3v) is 2.65. The molecule has 0 atom stereocenters. The molecule has 1 aliphatic heterocycles. The second-order valence-electron chi connectivity index (χ2n) is 3.26. The summed E-state index contributed by atoms with van der Waals surface area (Å²) in [4.78, 5) is 0. The molecule has 0 aliphatic carbocycles. The minimum absolute atomic E-state index is 0.577. The van der Waals surface area contributed by atoms with Gasteiger partial charge in [0, 0.05) is 10.0 Å². The van der Waals surface area contributed by atoms with Crippen molar-refractivity contribution in [3.8, 4) is 5.75 Å². The largest absolute Gasteiger partial charge is 0.489 e. The highest BCUT2D eigenvalue weighted by Crippen LogP contribution is 2.28. The molecule has 1 aromatic carbocycles. The van der Waals surface area contributed by atoms with E-state index in [1.807, 2.05) is 42.5 Å². The lowest BCUT2D eigenvalue weighted by molar-refractivity contribution is 0.362. The maximum atomic E-state index is 5.63. The molecule has 0 bridgehead atoms. The van der Waals surface area contributed by atoms with E-state index in [0.29, 0.717) is 6.61 Å². The first-order valence-corrected chi connectivity index (χ1v) is 5.51. The van der Waals surface area contributed by atoms with Gasteiger partial charge in [0.1, 0.15) is 12.4 Å². The molecule has 0 aromatic heterocycles. The summed E-state index contributed by atoms with van der Waals surface area (Å²) in [7, 11) is 0. The molecule has 15 heavy (non-hydrogen) atoms. The average molecular weight is 263 g/mol. The summed E-state index contributed by atoms with van der Waals surface area (Å²) in [6, 6.07) is 7.92. The van der Waals surface area contributed by atoms with Gasteiger partial charge in [-0.3, -0.25) is 0 Å². The molecule has 0 N–H and O–H groups in total. The Morgan fingerprint density at radius 2 is 2.07 bits per heavy atom. The highest BCUT2D eigenvalue weighted by molar-refractivity contribution is 9.11. The molecule has 0 radical (unpaired) electrons. The Hall–Kier alpha value is -1.28. The van der Waals surface area contributed by atoms with E-state index in [2.05, 4.69) is 22.5 Å². The van der Waals surface area contributed by atoms with E-state index < -0.39 is 0 Å². The van der Waals surface area contributed by atoms with E-state index in [-0.39, 0.29) is 0 Å². The molecule has 2 rings (SSSR count). The van der Waals surface area contributed by atoms with Gasteiger partial charge in [0.05, 0.1) is 0 Å². The molecule has 2 heteroatoms. The summed E-state index contributed by atoms with van der Waals surface area (Å²) < 4.78 is 6.63. The first-order valence-electron chi connectivity index (χ1n) is 4.72. The molecule has 1 aliphatic rings. The van der Waals surface area contributed by atoms with Crippen LogP contribution in [-0.4, -0.2) is 6.61 Å². The Labute approximate surface area is 97.9 Å². The van der Waals surface area contributed by atoms with Crippen molar-refractivity contribution in [3.63, 3.8) is 0 Å². The van der Waals surface area contributed by atoms with E-state index in [1.165, 1.54) is 0 Å². The summed E-state index contributed by atoms with van der Waals surface area (Å²) in [5.41, 5.74) is 1.99. The monoisotopic (exact) mass is 262 g/mol. The van der Waals surface area contributed by atoms with Crippen molar-refractivity contribution in [2.45, 2.75) is 0 Å². The van der Waals surface area contributed by atoms with Crippen LogP contribution in [0.25, 0.3) is 5.57 Å². The standard InChI is InChI=1S/C13H11BrO/c1-10-9-11(14)5-4-8-15-13-7-3-2-6-12(10)13/h2-7,9H,1,8H2/b5-4-,11-9+. The Balaban J connectivity index is 2.48. The number of hydrogen-bond donors (Lipinski definition) is 0. The molecular weight excluding hydrogens is 252 g/mol. The molecule has 0 amide bonds. The number of para-hydroxylation sites is 1. The Kier molecular flexibility index (Phi) is 3.07. The van der Waals surface area contributed by atoms with Crippen molar-refractivity contribution in [3.05, 3.63) is 59.1 Å². The molecular formula is C13H11BrO. The van der Waals surface area contributed by atoms with E-state index in [0.717, 1.165) is 21.4 Å². The molecule has 0 spiro atoms. The van der Waals surface area contributed by atoms with Crippen LogP contribution in [-0.2, 0) is 0 Å². The maximum Gasteiger partial charge on any atom is 0.127 e. The summed E-state index contributed by atoms with van der Waals surface area (Å²) in [6.45, 7) is 4.61. The summed E-state index contributed by atoms with van der Waals surface area (Å²) in [6.07, 6.45) is 5.93. The van der Waals surface area contributed by atoms with E-state index in [9.17, 15) is 0 Å². The zero-order valence-corrected chi connectivity index (χ0v) is 9.83. The smallest absolute Gasteiger partial charge is 0.127 e. The molecule has 0 fully saturated rings. The molecule has 1 heterocycles. The third-order valence-electron chi connectivity index (χ3n) is 2.16. The number of hydrogen-bond acceptors (Lipinski definition) is 1. The second-order valence-corrected chi connectivity index (χ2v) is 4.18. The van der Waals surface area contributed by atoms with Gasteiger partial charge in [0.2, 0.25) is 0 Å². The van der Waals surface area contributed by atoms with Gasteiger partial charge in [-0.05, 0) is 29.9 Å². The van der Waals surface area contributed by atoms with Gasteiger partial charge in [-0.15, -0.1) is 0 Å². The van der Waals surface area contributed by atoms with E-state index in [1.54, 1.807) is 0 Å². The van der Waals surface area contributed by atoms with E-state index in [4.69, 9.17) is 4.74 Å². The van der Waals surface area contributed by atoms with Crippen molar-refractivity contribution in [1.82, 2.24) is 0 Å². The third kappa shape index (κ3) is 2.39. The normalized spacial score (nSPS) is 21.1. The van der Waals surface area contributed by atoms with Gasteiger partial charge in [0.15, 0.2) is 0 Å². The predicted octanol–water partition coefficient (Wildman–Crippen LogP) is 3.93.